The van der Waals surface area contributed by atoms with Crippen LogP contribution in [-0.4, -0.2) is 127 Å². The summed E-state index contributed by atoms with van der Waals surface area (Å²) in [7, 11) is -43.3. The quantitative estimate of drug-likeness (QED) is 0.0480. The molecule has 7 aromatic carbocycles. The Morgan fingerprint density at radius 1 is 0.410 bits per heavy atom. The Hall–Kier alpha value is -8.52. The van der Waals surface area contributed by atoms with E-state index in [2.05, 4.69) is 70.5 Å². The number of hydrogen-bond donors (Lipinski definition) is 16. The van der Waals surface area contributed by atoms with Crippen molar-refractivity contribution in [2.24, 2.45) is 30.0 Å². The van der Waals surface area contributed by atoms with Crippen molar-refractivity contribution in [3.63, 3.8) is 0 Å². The van der Waals surface area contributed by atoms with Gasteiger partial charge in [-0.25, -0.2) is 30.0 Å². The summed E-state index contributed by atoms with van der Waals surface area (Å²) in [5.41, 5.74) is -9.49. The zero-order valence-electron chi connectivity index (χ0n) is 47.7. The number of nitrogens with zero attached hydrogens (tertiary/aromatic N) is 8. The van der Waals surface area contributed by atoms with Crippen LogP contribution in [0.3, 0.4) is 0 Å². The lowest BCUT2D eigenvalue weighted by Gasteiger charge is -2.24. The topological polar surface area (TPSA) is 647 Å². The van der Waals surface area contributed by atoms with Crippen molar-refractivity contribution >= 4 is 190 Å². The van der Waals surface area contributed by atoms with Gasteiger partial charge < -0.3 is 49.6 Å². The number of benzene rings is 7. The molecule has 100 heavy (non-hydrogen) atoms. The number of H-pyrrole nitrogens is 4. The van der Waals surface area contributed by atoms with Gasteiger partial charge in [0.15, 0.2) is 32.8 Å². The molecule has 9 aromatic rings. The van der Waals surface area contributed by atoms with Gasteiger partial charge in [0.25, 0.3) is 60.7 Å². The van der Waals surface area contributed by atoms with E-state index in [1.807, 2.05) is 0 Å². The molecule has 0 unspecified atom stereocenters. The first-order chi connectivity index (χ1) is 46.2. The summed E-state index contributed by atoms with van der Waals surface area (Å²) < 4.78 is 257. The molecule has 524 valence electrons. The Kier molecular flexibility index (Phi) is 18.8. The van der Waals surface area contributed by atoms with Crippen LogP contribution < -0.4 is 63.9 Å². The highest BCUT2D eigenvalue weighted by atomic mass is 35.5. The summed E-state index contributed by atoms with van der Waals surface area (Å²) >= 11 is 25.9. The van der Waals surface area contributed by atoms with E-state index >= 15 is 0 Å². The first-order valence-electron chi connectivity index (χ1n) is 25.9. The summed E-state index contributed by atoms with van der Waals surface area (Å²) in [6.07, 6.45) is 0. The summed E-state index contributed by atoms with van der Waals surface area (Å²) in [6, 6.07) is 13.9. The van der Waals surface area contributed by atoms with E-state index in [9.17, 15) is 107 Å². The van der Waals surface area contributed by atoms with Crippen molar-refractivity contribution < 1.29 is 116 Å². The molecule has 2 aromatic heterocycles. The van der Waals surface area contributed by atoms with Crippen LogP contribution in [0.5, 0.6) is 23.0 Å². The summed E-state index contributed by atoms with van der Waals surface area (Å²) in [4.78, 5) is 72.3. The fourth-order valence-corrected chi connectivity index (χ4v) is 15.3. The van der Waals surface area contributed by atoms with E-state index < -0.39 is 238 Å². The maximum absolute atomic E-state index is 13.4. The predicted molar refractivity (Wildman–Crippen MR) is 342 cm³/mol. The Labute approximate surface area is 575 Å². The molecule has 0 amide bonds. The minimum absolute atomic E-state index is 0.118. The van der Waals surface area contributed by atoms with Crippen molar-refractivity contribution in [3.8, 4) is 23.0 Å². The second kappa shape index (κ2) is 25.8. The number of hydrogen-bond acceptors (Lipinski definition) is 26. The van der Waals surface area contributed by atoms with Crippen molar-refractivity contribution in [3.05, 3.63) is 151 Å². The molecule has 4 heterocycles. The Morgan fingerprint density at radius 2 is 0.760 bits per heavy atom. The third kappa shape index (κ3) is 15.4. The highest BCUT2D eigenvalue weighted by Gasteiger charge is 2.37. The van der Waals surface area contributed by atoms with Crippen LogP contribution in [0.25, 0.3) is 0 Å². The lowest BCUT2D eigenvalue weighted by molar-refractivity contribution is 0.385. The van der Waals surface area contributed by atoms with Crippen LogP contribution in [0.2, 0.25) is 20.6 Å². The lowest BCUT2D eigenvalue weighted by Crippen LogP contribution is -2.27. The minimum Gasteiger partial charge on any atom is -0.450 e. The number of fused-ring (bicyclic) bond motifs is 4. The van der Waals surface area contributed by atoms with Crippen LogP contribution in [-0.2, 0) is 69.8 Å². The molecule has 16 N–H and O–H groups in total. The maximum atomic E-state index is 13.4. The maximum Gasteiger partial charge on any atom is 0.356 e. The molecule has 0 saturated carbocycles. The van der Waals surface area contributed by atoms with E-state index in [0.29, 0.717) is 24.3 Å². The highest BCUT2D eigenvalue weighted by molar-refractivity contribution is 7.87. The van der Waals surface area contributed by atoms with Crippen LogP contribution in [0.15, 0.2) is 156 Å². The number of ether oxygens (including phenoxy) is 2. The van der Waals surface area contributed by atoms with Gasteiger partial charge in [0.2, 0.25) is 33.0 Å². The van der Waals surface area contributed by atoms with Gasteiger partial charge in [0.05, 0.1) is 56.1 Å². The minimum atomic E-state index is -5.71. The molecular weight excluding hydrogens is 1580 g/mol. The number of rotatable bonds is 16. The molecule has 0 radical (unpaired) electrons. The molecule has 40 nitrogen and oxygen atoms in total. The van der Waals surface area contributed by atoms with E-state index in [1.165, 1.54) is 24.3 Å². The monoisotopic (exact) mass is 1610 g/mol. The first kappa shape index (κ1) is 72.7. The first-order valence-corrected chi connectivity index (χ1v) is 39.2. The molecule has 11 rings (SSSR count). The number of aromatic nitrogens is 6. The average Bonchev–Trinajstić information content (AvgIpc) is 0.728. The molecular formula is C48H32Cl4N14O26P2S6. The van der Waals surface area contributed by atoms with Gasteiger partial charge in [0.1, 0.15) is 51.7 Å². The van der Waals surface area contributed by atoms with Crippen molar-refractivity contribution in [2.75, 3.05) is 10.6 Å². The summed E-state index contributed by atoms with van der Waals surface area (Å²) in [5.74, 6) is -3.36. The van der Waals surface area contributed by atoms with E-state index in [-0.39, 0.29) is 11.4 Å². The standard InChI is InChI=1S/C48H32Cl4N14O26P2S6/c49-33-36-40(92-38-22(58-36)8-10-24(42(38)100(88,89)90)56-26-14-32(98(82,83)84)28(16-30(26)96(76,77)78)60-48-64-44(52)62-46(66-48)54-18-4-2-6-20(12-18)94(70,71)72)34(50)35-39(33)91-37-21(57-35)7-9-23(41(37)99(85,86)87)55-25-13-31(97(79,80)81)27(15-29(25)95(73,74)75)59-47-63-43(51)61-45(65-47)53-17-3-1-5-19(11-17)93(67,68)69/h1-16,55-56H,(H2,67,68,69)(H2,70,71,72)(H,73,74,75)(H,76,77,78)(H,79,80,81)(H,82,83,84)(H,85,86,87)(H,88,89,90)(H2,53,59,61,63,65)(H2,54,60,62,64,66). The van der Waals surface area contributed by atoms with Crippen molar-refractivity contribution in [1.29, 1.82) is 0 Å². The molecule has 2 aliphatic rings. The van der Waals surface area contributed by atoms with Gasteiger partial charge in [-0.3, -0.25) is 46.4 Å². The molecule has 0 atom stereocenters. The SMILES string of the molecule is O=P(O)(O)c1cccc(N=c2nc(Cl)[nH]c(=Nc3cc(S(=O)(=O)O)c(Nc4ccc5c(c4S(=O)(=O)O)Oc4c(Cl)c6c(c(Cl)c4=N5)Oc4c(ccc(Nc5cc(S(=O)(=O)O)c(N=c7[nH]c(Cl)nc(=Nc8cccc(P(=O)(O)O)c8)[nH]7)cc5S(=O)(=O)O)c4S(=O)(=O)O)N=6)cc3S(=O)(=O)O)[nH]2)c1. The summed E-state index contributed by atoms with van der Waals surface area (Å²) in [5, 5.41) is -0.108. The Bertz CT molecular complexity index is 6070. The van der Waals surface area contributed by atoms with Gasteiger partial charge in [-0.05, 0) is 108 Å². The van der Waals surface area contributed by atoms with Crippen LogP contribution in [0.4, 0.5) is 56.9 Å². The number of anilines is 4. The van der Waals surface area contributed by atoms with E-state index in [1.54, 1.807) is 0 Å². The zero-order chi connectivity index (χ0) is 73.1. The number of halogens is 4. The second-order valence-corrected chi connectivity index (χ2v) is 32.9. The molecule has 2 aliphatic heterocycles. The van der Waals surface area contributed by atoms with E-state index in [4.69, 9.17) is 55.9 Å². The van der Waals surface area contributed by atoms with Gasteiger partial charge in [0, 0.05) is 0 Å². The third-order valence-corrected chi connectivity index (χ3v) is 21.5. The Morgan fingerprint density at radius 3 is 1.08 bits per heavy atom. The van der Waals surface area contributed by atoms with E-state index in [0.717, 1.165) is 48.5 Å². The number of aromatic amines is 4. The van der Waals surface area contributed by atoms with Crippen molar-refractivity contribution in [2.45, 2.75) is 29.4 Å². The predicted octanol–water partition coefficient (Wildman–Crippen LogP) is 4.02. The second-order valence-electron chi connectivity index (χ2n) is 19.9. The zero-order valence-corrected chi connectivity index (χ0v) is 57.4. The summed E-state index contributed by atoms with van der Waals surface area (Å²) in [6.45, 7) is 0. The molecule has 0 saturated heterocycles. The molecule has 0 spiro atoms. The smallest absolute Gasteiger partial charge is 0.356 e. The lowest BCUT2D eigenvalue weighted by atomic mass is 10.1. The molecule has 0 aliphatic carbocycles. The van der Waals surface area contributed by atoms with Gasteiger partial charge in [-0.2, -0.15) is 60.5 Å². The van der Waals surface area contributed by atoms with Crippen LogP contribution in [0.1, 0.15) is 0 Å². The van der Waals surface area contributed by atoms with Crippen molar-refractivity contribution in [1.82, 2.24) is 29.9 Å². The van der Waals surface area contributed by atoms with Gasteiger partial charge in [-0.15, -0.1) is 0 Å². The van der Waals surface area contributed by atoms with Gasteiger partial charge >= 0.3 is 15.2 Å². The largest absolute Gasteiger partial charge is 0.450 e. The fourth-order valence-electron chi connectivity index (χ4n) is 9.20. The molecule has 52 heteroatoms. The third-order valence-electron chi connectivity index (χ3n) is 13.2. The fraction of sp³-hybridized carbons (Fsp3) is 0. The van der Waals surface area contributed by atoms with Crippen LogP contribution in [0, 0.1) is 0 Å². The Balaban J connectivity index is 0.979. The molecule has 0 fully saturated rings. The average molecular weight is 1620 g/mol. The van der Waals surface area contributed by atoms with Gasteiger partial charge in [-0.1, -0.05) is 35.3 Å². The van der Waals surface area contributed by atoms with Crippen LogP contribution >= 0.6 is 61.6 Å². The number of nitrogens with one attached hydrogen (secondary N) is 6. The normalized spacial score (nSPS) is 14.2. The molecule has 0 bridgehead atoms. The highest BCUT2D eigenvalue weighted by Crippen LogP contribution is 2.51.